The monoisotopic (exact) mass is 360 g/mol. The Morgan fingerprint density at radius 2 is 1.60 bits per heavy atom. The highest BCUT2D eigenvalue weighted by Gasteiger charge is 2.56. The van der Waals surface area contributed by atoms with E-state index in [0.717, 1.165) is 5.92 Å². The van der Waals surface area contributed by atoms with Gasteiger partial charge in [-0.05, 0) is 85.2 Å². The van der Waals surface area contributed by atoms with E-state index in [1.165, 1.54) is 38.5 Å². The summed E-state index contributed by atoms with van der Waals surface area (Å²) in [5, 5.41) is 0. The number of hydrogen-bond donors (Lipinski definition) is 0. The van der Waals surface area contributed by atoms with E-state index in [-0.39, 0.29) is 0 Å². The Kier molecular flexibility index (Phi) is 4.10. The van der Waals surface area contributed by atoms with E-state index in [0.29, 0.717) is 39.2 Å². The van der Waals surface area contributed by atoms with Crippen LogP contribution in [0.2, 0.25) is 0 Å². The molecule has 4 saturated carbocycles. The average molecular weight is 361 g/mol. The Morgan fingerprint density at radius 3 is 2.16 bits per heavy atom. The van der Waals surface area contributed by atoms with Crippen LogP contribution in [0, 0.1) is 34.5 Å². The van der Waals surface area contributed by atoms with Crippen molar-refractivity contribution in [3.05, 3.63) is 30.3 Å². The highest BCUT2D eigenvalue weighted by molar-refractivity contribution is 7.91. The number of rotatable bonds is 4. The summed E-state index contributed by atoms with van der Waals surface area (Å²) in [6.45, 7) is 7.09. The first-order valence-corrected chi connectivity index (χ1v) is 11.6. The first kappa shape index (κ1) is 17.6. The summed E-state index contributed by atoms with van der Waals surface area (Å²) < 4.78 is 25.9. The van der Waals surface area contributed by atoms with Crippen molar-refractivity contribution >= 4 is 9.84 Å². The van der Waals surface area contributed by atoms with Crippen LogP contribution in [0.3, 0.4) is 0 Å². The molecule has 0 saturated heterocycles. The molecule has 4 bridgehead atoms. The summed E-state index contributed by atoms with van der Waals surface area (Å²) in [5.41, 5.74) is 0.874. The van der Waals surface area contributed by atoms with E-state index in [4.69, 9.17) is 0 Å². The highest BCUT2D eigenvalue weighted by Crippen LogP contribution is 2.65. The van der Waals surface area contributed by atoms with Crippen molar-refractivity contribution < 1.29 is 8.42 Å². The first-order valence-electron chi connectivity index (χ1n) is 9.94. The van der Waals surface area contributed by atoms with Crippen molar-refractivity contribution in [1.29, 1.82) is 0 Å². The minimum atomic E-state index is -3.16. The van der Waals surface area contributed by atoms with Crippen molar-refractivity contribution in [2.45, 2.75) is 64.2 Å². The van der Waals surface area contributed by atoms with Gasteiger partial charge in [0.2, 0.25) is 0 Å². The number of sulfone groups is 1. The van der Waals surface area contributed by atoms with Crippen LogP contribution in [0.1, 0.15) is 59.3 Å². The quantitative estimate of drug-likeness (QED) is 0.726. The molecule has 1 aromatic carbocycles. The molecule has 0 heterocycles. The molecule has 3 heteroatoms. The van der Waals surface area contributed by atoms with Gasteiger partial charge in [0.1, 0.15) is 0 Å². The zero-order chi connectivity index (χ0) is 17.9. The van der Waals surface area contributed by atoms with Crippen LogP contribution in [0.15, 0.2) is 35.2 Å². The van der Waals surface area contributed by atoms with Gasteiger partial charge in [0.25, 0.3) is 0 Å². The molecule has 0 radical (unpaired) electrons. The SMILES string of the molecule is CC(C)(C)CC12CC3CC(C1)C(CS(=O)(=O)c1ccccc1)C(C3)C2. The van der Waals surface area contributed by atoms with Gasteiger partial charge in [-0.25, -0.2) is 8.42 Å². The third kappa shape index (κ3) is 3.41. The van der Waals surface area contributed by atoms with Crippen molar-refractivity contribution in [3.8, 4) is 0 Å². The van der Waals surface area contributed by atoms with Gasteiger partial charge in [0.05, 0.1) is 10.6 Å². The molecule has 2 unspecified atom stereocenters. The Labute approximate surface area is 153 Å². The lowest BCUT2D eigenvalue weighted by atomic mass is 9.44. The summed E-state index contributed by atoms with van der Waals surface area (Å²) in [6, 6.07) is 9.07. The molecule has 1 aromatic rings. The number of hydrogen-bond acceptors (Lipinski definition) is 2. The lowest BCUT2D eigenvalue weighted by Crippen LogP contribution is -2.53. The van der Waals surface area contributed by atoms with Crippen LogP contribution in [-0.4, -0.2) is 14.2 Å². The lowest BCUT2D eigenvalue weighted by Gasteiger charge is -2.61. The van der Waals surface area contributed by atoms with E-state index in [1.54, 1.807) is 12.1 Å². The third-order valence-electron chi connectivity index (χ3n) is 7.01. The molecule has 138 valence electrons. The standard InChI is InChI=1S/C22H32O2S/c1-21(2,3)15-22-11-16-9-17(12-22)20(18(10-16)13-22)14-25(23,24)19-7-5-4-6-8-19/h4-8,16-18,20H,9-15H2,1-3H3. The van der Waals surface area contributed by atoms with Gasteiger partial charge in [-0.1, -0.05) is 39.0 Å². The van der Waals surface area contributed by atoms with Gasteiger partial charge >= 0.3 is 0 Å². The Balaban J connectivity index is 1.55. The smallest absolute Gasteiger partial charge is 0.178 e. The van der Waals surface area contributed by atoms with Gasteiger partial charge in [-0.3, -0.25) is 0 Å². The molecule has 2 nitrogen and oxygen atoms in total. The third-order valence-corrected chi connectivity index (χ3v) is 8.83. The Bertz CT molecular complexity index is 713. The van der Waals surface area contributed by atoms with Crippen molar-refractivity contribution in [3.63, 3.8) is 0 Å². The summed E-state index contributed by atoms with van der Waals surface area (Å²) in [6.07, 6.45) is 7.80. The van der Waals surface area contributed by atoms with E-state index < -0.39 is 9.84 Å². The predicted octanol–water partition coefficient (Wildman–Crippen LogP) is 5.34. The van der Waals surface area contributed by atoms with Gasteiger partial charge in [0, 0.05) is 0 Å². The van der Waals surface area contributed by atoms with Crippen LogP contribution in [0.5, 0.6) is 0 Å². The molecule has 4 fully saturated rings. The van der Waals surface area contributed by atoms with Gasteiger partial charge in [0.15, 0.2) is 9.84 Å². The fourth-order valence-corrected chi connectivity index (χ4v) is 8.70. The Morgan fingerprint density at radius 1 is 1.00 bits per heavy atom. The lowest BCUT2D eigenvalue weighted by molar-refractivity contribution is -0.104. The molecule has 5 rings (SSSR count). The molecule has 0 aliphatic heterocycles. The van der Waals surface area contributed by atoms with Crippen molar-refractivity contribution in [2.24, 2.45) is 34.5 Å². The molecular weight excluding hydrogens is 328 g/mol. The summed E-state index contributed by atoms with van der Waals surface area (Å²) >= 11 is 0. The minimum absolute atomic E-state index is 0.366. The van der Waals surface area contributed by atoms with E-state index in [1.807, 2.05) is 18.2 Å². The van der Waals surface area contributed by atoms with Gasteiger partial charge in [-0.15, -0.1) is 0 Å². The predicted molar refractivity (Wildman–Crippen MR) is 102 cm³/mol. The van der Waals surface area contributed by atoms with Gasteiger partial charge < -0.3 is 0 Å². The second-order valence-corrected chi connectivity index (χ2v) is 12.5. The van der Waals surface area contributed by atoms with Crippen molar-refractivity contribution in [1.82, 2.24) is 0 Å². The van der Waals surface area contributed by atoms with Gasteiger partial charge in [-0.2, -0.15) is 0 Å². The summed E-state index contributed by atoms with van der Waals surface area (Å²) in [4.78, 5) is 0.508. The highest BCUT2D eigenvalue weighted by atomic mass is 32.2. The number of benzene rings is 1. The van der Waals surface area contributed by atoms with Crippen LogP contribution in [0.4, 0.5) is 0 Å². The maximum Gasteiger partial charge on any atom is 0.178 e. The second-order valence-electron chi connectivity index (χ2n) is 10.5. The fraction of sp³-hybridized carbons (Fsp3) is 0.727. The van der Waals surface area contributed by atoms with E-state index in [9.17, 15) is 8.42 Å². The molecule has 25 heavy (non-hydrogen) atoms. The second kappa shape index (κ2) is 5.84. The van der Waals surface area contributed by atoms with E-state index in [2.05, 4.69) is 20.8 Å². The molecule has 0 spiro atoms. The largest absolute Gasteiger partial charge is 0.224 e. The zero-order valence-electron chi connectivity index (χ0n) is 15.9. The molecule has 0 amide bonds. The zero-order valence-corrected chi connectivity index (χ0v) is 16.7. The maximum atomic E-state index is 12.9. The summed E-state index contributed by atoms with van der Waals surface area (Å²) in [5.74, 6) is 2.87. The van der Waals surface area contributed by atoms with Crippen LogP contribution < -0.4 is 0 Å². The molecular formula is C22H32O2S. The summed E-state index contributed by atoms with van der Waals surface area (Å²) in [7, 11) is -3.16. The molecule has 2 atom stereocenters. The fourth-order valence-electron chi connectivity index (χ4n) is 6.89. The minimum Gasteiger partial charge on any atom is -0.224 e. The molecule has 4 aliphatic carbocycles. The average Bonchev–Trinajstić information content (AvgIpc) is 2.49. The Hall–Kier alpha value is -0.830. The normalized spacial score (nSPS) is 37.4. The molecule has 0 N–H and O–H groups in total. The van der Waals surface area contributed by atoms with Crippen LogP contribution in [-0.2, 0) is 9.84 Å². The van der Waals surface area contributed by atoms with Crippen molar-refractivity contribution in [2.75, 3.05) is 5.75 Å². The maximum absolute atomic E-state index is 12.9. The topological polar surface area (TPSA) is 34.1 Å². The first-order chi connectivity index (χ1) is 11.7. The van der Waals surface area contributed by atoms with E-state index >= 15 is 0 Å². The molecule has 4 aliphatic rings. The van der Waals surface area contributed by atoms with Crippen LogP contribution in [0.25, 0.3) is 0 Å². The molecule has 0 aromatic heterocycles. The van der Waals surface area contributed by atoms with Crippen LogP contribution >= 0.6 is 0 Å².